The van der Waals surface area contributed by atoms with Crippen LogP contribution >= 0.6 is 11.6 Å². The summed E-state index contributed by atoms with van der Waals surface area (Å²) in [6.07, 6.45) is 3.73. The SMILES string of the molecule is COc1c(Cl)ncnc1NCCc1ncn(C)n1. The summed E-state index contributed by atoms with van der Waals surface area (Å²) in [6.45, 7) is 0.633. The van der Waals surface area contributed by atoms with Crippen molar-refractivity contribution in [2.24, 2.45) is 7.05 Å². The Balaban J connectivity index is 1.96. The van der Waals surface area contributed by atoms with E-state index in [0.29, 0.717) is 24.5 Å². The summed E-state index contributed by atoms with van der Waals surface area (Å²) in [6, 6.07) is 0. The average molecular weight is 269 g/mol. The molecule has 18 heavy (non-hydrogen) atoms. The molecule has 0 atom stereocenters. The highest BCUT2D eigenvalue weighted by Gasteiger charge is 2.09. The van der Waals surface area contributed by atoms with Crippen molar-refractivity contribution in [2.75, 3.05) is 19.0 Å². The van der Waals surface area contributed by atoms with Crippen molar-refractivity contribution in [1.29, 1.82) is 0 Å². The number of hydrogen-bond donors (Lipinski definition) is 1. The van der Waals surface area contributed by atoms with Crippen molar-refractivity contribution in [3.8, 4) is 5.75 Å². The molecule has 2 aromatic rings. The smallest absolute Gasteiger partial charge is 0.198 e. The van der Waals surface area contributed by atoms with E-state index in [9.17, 15) is 0 Å². The predicted molar refractivity (Wildman–Crippen MR) is 66.8 cm³/mol. The molecule has 1 N–H and O–H groups in total. The molecule has 96 valence electrons. The van der Waals surface area contributed by atoms with E-state index in [4.69, 9.17) is 16.3 Å². The van der Waals surface area contributed by atoms with Gasteiger partial charge in [0.25, 0.3) is 0 Å². The van der Waals surface area contributed by atoms with E-state index >= 15 is 0 Å². The monoisotopic (exact) mass is 268 g/mol. The van der Waals surface area contributed by atoms with E-state index in [1.165, 1.54) is 13.4 Å². The molecular formula is C10H13ClN6O. The highest BCUT2D eigenvalue weighted by atomic mass is 35.5. The largest absolute Gasteiger partial charge is 0.490 e. The Hall–Kier alpha value is -1.89. The molecule has 0 aliphatic heterocycles. The Morgan fingerprint density at radius 3 is 2.89 bits per heavy atom. The zero-order valence-corrected chi connectivity index (χ0v) is 10.8. The number of methoxy groups -OCH3 is 1. The molecule has 0 saturated heterocycles. The molecule has 0 aliphatic carbocycles. The van der Waals surface area contributed by atoms with Crippen molar-refractivity contribution in [3.05, 3.63) is 23.6 Å². The molecule has 2 heterocycles. The maximum Gasteiger partial charge on any atom is 0.198 e. The second-order valence-electron chi connectivity index (χ2n) is 3.56. The molecule has 0 spiro atoms. The van der Waals surface area contributed by atoms with Gasteiger partial charge in [-0.05, 0) is 0 Å². The Kier molecular flexibility index (Phi) is 3.93. The van der Waals surface area contributed by atoms with Gasteiger partial charge >= 0.3 is 0 Å². The summed E-state index contributed by atoms with van der Waals surface area (Å²) < 4.78 is 6.79. The fraction of sp³-hybridized carbons (Fsp3) is 0.400. The number of anilines is 1. The summed E-state index contributed by atoms with van der Waals surface area (Å²) in [5.41, 5.74) is 0. The number of rotatable bonds is 5. The summed E-state index contributed by atoms with van der Waals surface area (Å²) in [5.74, 6) is 1.77. The highest BCUT2D eigenvalue weighted by molar-refractivity contribution is 6.31. The van der Waals surface area contributed by atoms with Gasteiger partial charge in [0.1, 0.15) is 12.7 Å². The van der Waals surface area contributed by atoms with Crippen LogP contribution in [0.4, 0.5) is 5.82 Å². The van der Waals surface area contributed by atoms with Crippen LogP contribution in [0.3, 0.4) is 0 Å². The molecule has 2 aromatic heterocycles. The summed E-state index contributed by atoms with van der Waals surface area (Å²) in [4.78, 5) is 12.0. The van der Waals surface area contributed by atoms with E-state index in [1.807, 2.05) is 7.05 Å². The number of hydrogen-bond acceptors (Lipinski definition) is 6. The third-order valence-corrected chi connectivity index (χ3v) is 2.52. The van der Waals surface area contributed by atoms with Gasteiger partial charge < -0.3 is 10.1 Å². The van der Waals surface area contributed by atoms with Crippen molar-refractivity contribution in [3.63, 3.8) is 0 Å². The van der Waals surface area contributed by atoms with Gasteiger partial charge in [-0.2, -0.15) is 5.10 Å². The van der Waals surface area contributed by atoms with E-state index in [0.717, 1.165) is 5.82 Å². The third-order valence-electron chi connectivity index (χ3n) is 2.25. The molecule has 0 saturated carbocycles. The zero-order valence-electron chi connectivity index (χ0n) is 10.1. The fourth-order valence-electron chi connectivity index (χ4n) is 1.45. The Bertz CT molecular complexity index is 529. The molecule has 0 aromatic carbocycles. The first-order valence-corrected chi connectivity index (χ1v) is 5.71. The lowest BCUT2D eigenvalue weighted by Crippen LogP contribution is -2.09. The van der Waals surface area contributed by atoms with Crippen LogP contribution in [0.2, 0.25) is 5.15 Å². The van der Waals surface area contributed by atoms with Gasteiger partial charge in [-0.25, -0.2) is 15.0 Å². The van der Waals surface area contributed by atoms with Crippen LogP contribution < -0.4 is 10.1 Å². The van der Waals surface area contributed by atoms with E-state index < -0.39 is 0 Å². The average Bonchev–Trinajstić information content (AvgIpc) is 2.75. The lowest BCUT2D eigenvalue weighted by molar-refractivity contribution is 0.413. The second kappa shape index (κ2) is 5.63. The molecule has 0 radical (unpaired) electrons. The van der Waals surface area contributed by atoms with E-state index in [-0.39, 0.29) is 5.15 Å². The van der Waals surface area contributed by atoms with Gasteiger partial charge in [-0.15, -0.1) is 0 Å². The Morgan fingerprint density at radius 1 is 1.39 bits per heavy atom. The summed E-state index contributed by atoms with van der Waals surface area (Å²) in [7, 11) is 3.35. The van der Waals surface area contributed by atoms with Crippen molar-refractivity contribution in [1.82, 2.24) is 24.7 Å². The molecule has 2 rings (SSSR count). The minimum Gasteiger partial charge on any atom is -0.490 e. The van der Waals surface area contributed by atoms with Crippen molar-refractivity contribution >= 4 is 17.4 Å². The number of aromatic nitrogens is 5. The van der Waals surface area contributed by atoms with Crippen LogP contribution in [-0.4, -0.2) is 38.4 Å². The van der Waals surface area contributed by atoms with Crippen LogP contribution in [0, 0.1) is 0 Å². The predicted octanol–water partition coefficient (Wildman–Crippen LogP) is 0.922. The number of ether oxygens (including phenoxy) is 1. The normalized spacial score (nSPS) is 10.4. The number of nitrogens with zero attached hydrogens (tertiary/aromatic N) is 5. The molecule has 0 aliphatic rings. The van der Waals surface area contributed by atoms with Crippen molar-refractivity contribution < 1.29 is 4.74 Å². The number of aryl methyl sites for hydroxylation is 1. The maximum absolute atomic E-state index is 5.88. The van der Waals surface area contributed by atoms with E-state index in [2.05, 4.69) is 25.4 Å². The topological polar surface area (TPSA) is 77.8 Å². The Labute approximate surface area is 109 Å². The van der Waals surface area contributed by atoms with Crippen LogP contribution in [0.15, 0.2) is 12.7 Å². The third kappa shape index (κ3) is 2.86. The van der Waals surface area contributed by atoms with Gasteiger partial charge in [0, 0.05) is 20.0 Å². The standard InChI is InChI=1S/C10H13ClN6O/c1-17-6-15-7(16-17)3-4-12-10-8(18-2)9(11)13-5-14-10/h5-6H,3-4H2,1-2H3,(H,12,13,14). The minimum absolute atomic E-state index is 0.283. The lowest BCUT2D eigenvalue weighted by atomic mass is 10.4. The van der Waals surface area contributed by atoms with Crippen LogP contribution in [-0.2, 0) is 13.5 Å². The van der Waals surface area contributed by atoms with Crippen LogP contribution in [0.1, 0.15) is 5.82 Å². The fourth-order valence-corrected chi connectivity index (χ4v) is 1.66. The van der Waals surface area contributed by atoms with Crippen LogP contribution in [0.25, 0.3) is 0 Å². The van der Waals surface area contributed by atoms with Gasteiger partial charge in [0.15, 0.2) is 22.5 Å². The molecular weight excluding hydrogens is 256 g/mol. The summed E-state index contributed by atoms with van der Waals surface area (Å²) in [5, 5.41) is 7.57. The number of nitrogens with one attached hydrogen (secondary N) is 1. The maximum atomic E-state index is 5.88. The molecule has 0 unspecified atom stereocenters. The van der Waals surface area contributed by atoms with Gasteiger partial charge in [0.2, 0.25) is 0 Å². The summed E-state index contributed by atoms with van der Waals surface area (Å²) >= 11 is 5.88. The second-order valence-corrected chi connectivity index (χ2v) is 3.92. The first kappa shape index (κ1) is 12.6. The van der Waals surface area contributed by atoms with Gasteiger partial charge in [0.05, 0.1) is 7.11 Å². The van der Waals surface area contributed by atoms with Gasteiger partial charge in [-0.3, -0.25) is 4.68 Å². The molecule has 0 bridgehead atoms. The lowest BCUT2D eigenvalue weighted by Gasteiger charge is -2.09. The first-order valence-electron chi connectivity index (χ1n) is 5.33. The molecule has 8 heteroatoms. The first-order chi connectivity index (χ1) is 8.70. The van der Waals surface area contributed by atoms with Crippen LogP contribution in [0.5, 0.6) is 5.75 Å². The zero-order chi connectivity index (χ0) is 13.0. The van der Waals surface area contributed by atoms with Crippen molar-refractivity contribution in [2.45, 2.75) is 6.42 Å². The molecule has 7 nitrogen and oxygen atoms in total. The Morgan fingerprint density at radius 2 is 2.22 bits per heavy atom. The minimum atomic E-state index is 0.283. The molecule has 0 amide bonds. The highest BCUT2D eigenvalue weighted by Crippen LogP contribution is 2.27. The number of halogens is 1. The van der Waals surface area contributed by atoms with E-state index in [1.54, 1.807) is 11.0 Å². The van der Waals surface area contributed by atoms with Gasteiger partial charge in [-0.1, -0.05) is 11.6 Å². The quantitative estimate of drug-likeness (QED) is 0.813. The molecule has 0 fully saturated rings.